The largest absolute Gasteiger partial charge is 0.494 e. The van der Waals surface area contributed by atoms with Crippen molar-refractivity contribution in [3.05, 3.63) is 59.4 Å². The van der Waals surface area contributed by atoms with Gasteiger partial charge in [-0.2, -0.15) is 13.2 Å². The third-order valence-corrected chi connectivity index (χ3v) is 3.42. The molecule has 1 N–H and O–H groups in total. The summed E-state index contributed by atoms with van der Waals surface area (Å²) in [5.74, 6) is -2.09. The number of carbonyl (C=O) groups is 2. The lowest BCUT2D eigenvalue weighted by Crippen LogP contribution is -2.21. The van der Waals surface area contributed by atoms with Gasteiger partial charge in [0.15, 0.2) is 18.2 Å². The van der Waals surface area contributed by atoms with Gasteiger partial charge in [0, 0.05) is 5.69 Å². The fraction of sp³-hybridized carbons (Fsp3) is 0.222. The van der Waals surface area contributed by atoms with Crippen molar-refractivity contribution in [2.45, 2.75) is 12.6 Å². The molecule has 144 valence electrons. The second-order valence-electron chi connectivity index (χ2n) is 5.43. The van der Waals surface area contributed by atoms with E-state index in [2.05, 4.69) is 5.32 Å². The van der Waals surface area contributed by atoms with E-state index in [1.807, 2.05) is 0 Å². The molecule has 0 aliphatic rings. The van der Waals surface area contributed by atoms with Gasteiger partial charge in [-0.3, -0.25) is 9.59 Å². The van der Waals surface area contributed by atoms with Crippen LogP contribution in [0.1, 0.15) is 11.1 Å². The van der Waals surface area contributed by atoms with Gasteiger partial charge in [0.25, 0.3) is 5.91 Å². The number of nitrogens with one attached hydrogen (secondary N) is 1. The second kappa shape index (κ2) is 8.52. The van der Waals surface area contributed by atoms with Crippen LogP contribution < -0.4 is 10.1 Å². The van der Waals surface area contributed by atoms with Gasteiger partial charge in [-0.25, -0.2) is 4.39 Å². The van der Waals surface area contributed by atoms with E-state index in [-0.39, 0.29) is 17.9 Å². The Kier molecular flexibility index (Phi) is 6.38. The summed E-state index contributed by atoms with van der Waals surface area (Å²) in [7, 11) is 1.31. The van der Waals surface area contributed by atoms with Crippen LogP contribution in [0.5, 0.6) is 5.75 Å². The van der Waals surface area contributed by atoms with Crippen LogP contribution in [0.3, 0.4) is 0 Å². The molecule has 0 fully saturated rings. The number of benzene rings is 2. The molecule has 2 aromatic carbocycles. The maximum atomic E-state index is 13.5. The highest BCUT2D eigenvalue weighted by Crippen LogP contribution is 2.29. The average Bonchev–Trinajstić information content (AvgIpc) is 2.60. The summed E-state index contributed by atoms with van der Waals surface area (Å²) >= 11 is 0. The Balaban J connectivity index is 1.82. The molecule has 0 atom stereocenters. The first-order valence-electron chi connectivity index (χ1n) is 7.64. The Morgan fingerprint density at radius 2 is 1.74 bits per heavy atom. The lowest BCUT2D eigenvalue weighted by Gasteiger charge is -2.09. The van der Waals surface area contributed by atoms with E-state index in [4.69, 9.17) is 9.47 Å². The molecule has 0 aliphatic heterocycles. The number of esters is 1. The van der Waals surface area contributed by atoms with Gasteiger partial charge in [0.2, 0.25) is 0 Å². The van der Waals surface area contributed by atoms with Crippen molar-refractivity contribution in [3.8, 4) is 5.75 Å². The van der Waals surface area contributed by atoms with E-state index in [0.717, 1.165) is 30.3 Å². The minimum atomic E-state index is -4.47. The van der Waals surface area contributed by atoms with Crippen LogP contribution in [-0.2, 0) is 26.9 Å². The number of carbonyl (C=O) groups excluding carboxylic acids is 2. The molecule has 2 aromatic rings. The van der Waals surface area contributed by atoms with Crippen molar-refractivity contribution in [2.24, 2.45) is 0 Å². The minimum Gasteiger partial charge on any atom is -0.494 e. The Morgan fingerprint density at radius 3 is 2.30 bits per heavy atom. The van der Waals surface area contributed by atoms with Crippen LogP contribution in [0.2, 0.25) is 0 Å². The Bertz CT molecular complexity index is 819. The molecule has 0 bridgehead atoms. The number of amides is 1. The topological polar surface area (TPSA) is 64.6 Å². The highest BCUT2D eigenvalue weighted by atomic mass is 19.4. The molecule has 0 heterocycles. The normalized spacial score (nSPS) is 11.0. The smallest absolute Gasteiger partial charge is 0.416 e. The lowest BCUT2D eigenvalue weighted by atomic mass is 10.1. The highest BCUT2D eigenvalue weighted by molar-refractivity contribution is 5.92. The number of methoxy groups -OCH3 is 1. The standard InChI is InChI=1S/C18H15F4NO4/c1-26-15-7-2-11(8-14(15)19)9-17(25)27-10-16(24)23-13-5-3-12(4-6-13)18(20,21)22/h2-8H,9-10H2,1H3,(H,23,24). The van der Waals surface area contributed by atoms with Crippen LogP contribution in [0.4, 0.5) is 23.2 Å². The Labute approximate surface area is 151 Å². The zero-order valence-corrected chi connectivity index (χ0v) is 14.1. The monoisotopic (exact) mass is 385 g/mol. The van der Waals surface area contributed by atoms with Gasteiger partial charge in [-0.1, -0.05) is 6.07 Å². The number of hydrogen-bond acceptors (Lipinski definition) is 4. The molecule has 0 unspecified atom stereocenters. The zero-order chi connectivity index (χ0) is 20.0. The molecular formula is C18H15F4NO4. The van der Waals surface area contributed by atoms with E-state index < -0.39 is 36.0 Å². The summed E-state index contributed by atoms with van der Waals surface area (Å²) in [5.41, 5.74) is -0.388. The van der Waals surface area contributed by atoms with E-state index in [0.29, 0.717) is 5.56 Å². The van der Waals surface area contributed by atoms with Crippen molar-refractivity contribution in [1.82, 2.24) is 0 Å². The van der Waals surface area contributed by atoms with Crippen LogP contribution in [-0.4, -0.2) is 25.6 Å². The van der Waals surface area contributed by atoms with Crippen molar-refractivity contribution >= 4 is 17.6 Å². The number of anilines is 1. The van der Waals surface area contributed by atoms with Gasteiger partial charge < -0.3 is 14.8 Å². The Morgan fingerprint density at radius 1 is 1.07 bits per heavy atom. The van der Waals surface area contributed by atoms with Crippen LogP contribution >= 0.6 is 0 Å². The SMILES string of the molecule is COc1ccc(CC(=O)OCC(=O)Nc2ccc(C(F)(F)F)cc2)cc1F. The van der Waals surface area contributed by atoms with Crippen molar-refractivity contribution in [3.63, 3.8) is 0 Å². The van der Waals surface area contributed by atoms with E-state index in [1.165, 1.54) is 19.2 Å². The molecule has 2 rings (SSSR count). The number of rotatable bonds is 6. The molecule has 0 aromatic heterocycles. The molecular weight excluding hydrogens is 370 g/mol. The maximum absolute atomic E-state index is 13.5. The summed E-state index contributed by atoms with van der Waals surface area (Å²) in [6, 6.07) is 7.76. The molecule has 0 spiro atoms. The number of ether oxygens (including phenoxy) is 2. The predicted octanol–water partition coefficient (Wildman–Crippen LogP) is 3.58. The van der Waals surface area contributed by atoms with Crippen LogP contribution in [0.25, 0.3) is 0 Å². The van der Waals surface area contributed by atoms with Crippen molar-refractivity contribution in [2.75, 3.05) is 19.0 Å². The number of alkyl halides is 3. The van der Waals surface area contributed by atoms with E-state index in [1.54, 1.807) is 0 Å². The fourth-order valence-corrected chi connectivity index (χ4v) is 2.12. The summed E-state index contributed by atoms with van der Waals surface area (Å²) in [6.07, 6.45) is -4.73. The molecule has 5 nitrogen and oxygen atoms in total. The van der Waals surface area contributed by atoms with Crippen molar-refractivity contribution < 1.29 is 36.6 Å². The summed E-state index contributed by atoms with van der Waals surface area (Å²) < 4.78 is 60.5. The van der Waals surface area contributed by atoms with E-state index in [9.17, 15) is 27.2 Å². The summed E-state index contributed by atoms with van der Waals surface area (Å²) in [5, 5.41) is 2.30. The highest BCUT2D eigenvalue weighted by Gasteiger charge is 2.30. The summed E-state index contributed by atoms with van der Waals surface area (Å²) in [4.78, 5) is 23.4. The number of hydrogen-bond donors (Lipinski definition) is 1. The maximum Gasteiger partial charge on any atom is 0.416 e. The quantitative estimate of drug-likeness (QED) is 0.610. The molecule has 0 aliphatic carbocycles. The molecule has 27 heavy (non-hydrogen) atoms. The first-order valence-corrected chi connectivity index (χ1v) is 7.64. The van der Waals surface area contributed by atoms with Crippen LogP contribution in [0.15, 0.2) is 42.5 Å². The Hall–Kier alpha value is -3.10. The average molecular weight is 385 g/mol. The molecule has 0 radical (unpaired) electrons. The molecule has 0 saturated carbocycles. The van der Waals surface area contributed by atoms with Gasteiger partial charge >= 0.3 is 12.1 Å². The predicted molar refractivity (Wildman–Crippen MR) is 87.7 cm³/mol. The van der Waals surface area contributed by atoms with Gasteiger partial charge in [0.1, 0.15) is 0 Å². The second-order valence-corrected chi connectivity index (χ2v) is 5.43. The van der Waals surface area contributed by atoms with Crippen LogP contribution in [0, 0.1) is 5.82 Å². The van der Waals surface area contributed by atoms with E-state index >= 15 is 0 Å². The van der Waals surface area contributed by atoms with Crippen molar-refractivity contribution in [1.29, 1.82) is 0 Å². The first kappa shape index (κ1) is 20.2. The minimum absolute atomic E-state index is 0.0306. The third-order valence-electron chi connectivity index (χ3n) is 3.42. The number of halogens is 4. The lowest BCUT2D eigenvalue weighted by molar-refractivity contribution is -0.146. The molecule has 1 amide bonds. The van der Waals surface area contributed by atoms with Gasteiger partial charge in [-0.15, -0.1) is 0 Å². The zero-order valence-electron chi connectivity index (χ0n) is 14.1. The molecule has 9 heteroatoms. The first-order chi connectivity index (χ1) is 12.7. The van der Waals surface area contributed by atoms with Gasteiger partial charge in [0.05, 0.1) is 19.1 Å². The molecule has 0 saturated heterocycles. The van der Waals surface area contributed by atoms with Gasteiger partial charge in [-0.05, 0) is 42.0 Å². The third kappa shape index (κ3) is 5.98. The fourth-order valence-electron chi connectivity index (χ4n) is 2.12. The summed E-state index contributed by atoms with van der Waals surface area (Å²) in [6.45, 7) is -0.626.